The molecule has 0 saturated carbocycles. The average molecular weight is 299 g/mol. The van der Waals surface area contributed by atoms with Gasteiger partial charge in [-0.15, -0.1) is 11.3 Å². The van der Waals surface area contributed by atoms with Crippen LogP contribution < -0.4 is 5.32 Å². The van der Waals surface area contributed by atoms with Crippen LogP contribution in [0.4, 0.5) is 4.39 Å². The normalized spacial score (nSPS) is 12.7. The molecule has 0 aliphatic rings. The van der Waals surface area contributed by atoms with E-state index in [1.165, 1.54) is 10.9 Å². The zero-order valence-electron chi connectivity index (χ0n) is 11.1. The van der Waals surface area contributed by atoms with Crippen molar-refractivity contribution in [1.82, 2.24) is 10.3 Å². The van der Waals surface area contributed by atoms with Crippen LogP contribution in [0.5, 0.6) is 0 Å². The first-order valence-corrected chi connectivity index (χ1v) is 7.34. The first kappa shape index (κ1) is 14.4. The minimum atomic E-state index is -0.308. The number of hydrogen-bond donors (Lipinski definition) is 1. The second-order valence-corrected chi connectivity index (χ2v) is 5.97. The Bertz CT molecular complexity index is 583. The van der Waals surface area contributed by atoms with Gasteiger partial charge in [-0.05, 0) is 32.5 Å². The Morgan fingerprint density at radius 3 is 2.74 bits per heavy atom. The predicted octanol–water partition coefficient (Wildman–Crippen LogP) is 4.12. The molecule has 1 aromatic carbocycles. The lowest BCUT2D eigenvalue weighted by Crippen LogP contribution is -2.18. The molecular weight excluding hydrogens is 283 g/mol. The van der Waals surface area contributed by atoms with E-state index in [-0.39, 0.29) is 11.9 Å². The molecule has 5 heteroatoms. The molecule has 0 saturated heterocycles. The summed E-state index contributed by atoms with van der Waals surface area (Å²) in [5.74, 6) is -0.308. The van der Waals surface area contributed by atoms with Gasteiger partial charge < -0.3 is 5.32 Å². The molecule has 0 aliphatic carbocycles. The van der Waals surface area contributed by atoms with Crippen LogP contribution in [-0.2, 0) is 6.42 Å². The van der Waals surface area contributed by atoms with Crippen molar-refractivity contribution in [2.75, 3.05) is 7.05 Å². The fourth-order valence-corrected chi connectivity index (χ4v) is 3.35. The van der Waals surface area contributed by atoms with Crippen LogP contribution in [0.25, 0.3) is 0 Å². The van der Waals surface area contributed by atoms with Crippen molar-refractivity contribution in [3.63, 3.8) is 0 Å². The number of halogens is 2. The Hall–Kier alpha value is -0.970. The lowest BCUT2D eigenvalue weighted by molar-refractivity contribution is 0.574. The molecular formula is C14H16ClFN2S. The summed E-state index contributed by atoms with van der Waals surface area (Å²) in [6.07, 6.45) is 0.891. The fraction of sp³-hybridized carbons (Fsp3) is 0.357. The van der Waals surface area contributed by atoms with Crippen molar-refractivity contribution >= 4 is 22.9 Å². The van der Waals surface area contributed by atoms with Crippen molar-refractivity contribution < 1.29 is 4.39 Å². The van der Waals surface area contributed by atoms with Crippen LogP contribution in [0.15, 0.2) is 18.2 Å². The third-order valence-corrected chi connectivity index (χ3v) is 4.37. The summed E-state index contributed by atoms with van der Waals surface area (Å²) in [4.78, 5) is 5.78. The van der Waals surface area contributed by atoms with Gasteiger partial charge in [-0.25, -0.2) is 9.37 Å². The number of aryl methyl sites for hydroxylation is 2. The second-order valence-electron chi connectivity index (χ2n) is 4.30. The quantitative estimate of drug-likeness (QED) is 0.918. The van der Waals surface area contributed by atoms with Crippen molar-refractivity contribution in [3.05, 3.63) is 50.2 Å². The van der Waals surface area contributed by atoms with E-state index in [1.54, 1.807) is 30.5 Å². The predicted molar refractivity (Wildman–Crippen MR) is 78.5 cm³/mol. The standard InChI is InChI=1S/C14H16ClFN2S/c1-4-12-8(2)19-14(18-12)13(17-3)10-6-5-9(15)7-11(10)16/h5-7,13,17H,4H2,1-3H3. The van der Waals surface area contributed by atoms with E-state index >= 15 is 0 Å². The second kappa shape index (κ2) is 5.99. The summed E-state index contributed by atoms with van der Waals surface area (Å²) in [5, 5.41) is 4.41. The van der Waals surface area contributed by atoms with Crippen molar-refractivity contribution in [2.45, 2.75) is 26.3 Å². The van der Waals surface area contributed by atoms with Crippen LogP contribution >= 0.6 is 22.9 Å². The molecule has 1 unspecified atom stereocenters. The van der Waals surface area contributed by atoms with Gasteiger partial charge in [-0.3, -0.25) is 0 Å². The van der Waals surface area contributed by atoms with Gasteiger partial charge in [0.25, 0.3) is 0 Å². The van der Waals surface area contributed by atoms with E-state index in [2.05, 4.69) is 17.2 Å². The Morgan fingerprint density at radius 1 is 1.47 bits per heavy atom. The molecule has 2 aromatic rings. The number of thiazole rings is 1. The molecule has 1 N–H and O–H groups in total. The van der Waals surface area contributed by atoms with Crippen LogP contribution in [0.2, 0.25) is 5.02 Å². The summed E-state index contributed by atoms with van der Waals surface area (Å²) in [6.45, 7) is 4.12. The smallest absolute Gasteiger partial charge is 0.129 e. The maximum Gasteiger partial charge on any atom is 0.129 e. The highest BCUT2D eigenvalue weighted by atomic mass is 35.5. The van der Waals surface area contributed by atoms with Crippen LogP contribution in [-0.4, -0.2) is 12.0 Å². The number of nitrogens with one attached hydrogen (secondary N) is 1. The van der Waals surface area contributed by atoms with Crippen molar-refractivity contribution in [2.24, 2.45) is 0 Å². The zero-order chi connectivity index (χ0) is 14.0. The van der Waals surface area contributed by atoms with E-state index in [0.29, 0.717) is 10.6 Å². The molecule has 2 nitrogen and oxygen atoms in total. The van der Waals surface area contributed by atoms with Gasteiger partial charge in [0, 0.05) is 15.5 Å². The largest absolute Gasteiger partial charge is 0.307 e. The third-order valence-electron chi connectivity index (χ3n) is 3.05. The Balaban J connectivity index is 2.43. The monoisotopic (exact) mass is 298 g/mol. The molecule has 2 rings (SSSR count). The van der Waals surface area contributed by atoms with Gasteiger partial charge in [0.1, 0.15) is 10.8 Å². The third kappa shape index (κ3) is 2.96. The number of benzene rings is 1. The number of nitrogens with zero attached hydrogens (tertiary/aromatic N) is 1. The van der Waals surface area contributed by atoms with Crippen LogP contribution in [0.1, 0.15) is 34.1 Å². The zero-order valence-corrected chi connectivity index (χ0v) is 12.7. The van der Waals surface area contributed by atoms with Gasteiger partial charge in [0.2, 0.25) is 0 Å². The van der Waals surface area contributed by atoms with E-state index in [4.69, 9.17) is 11.6 Å². The van der Waals surface area contributed by atoms with E-state index in [1.807, 2.05) is 6.92 Å². The minimum absolute atomic E-state index is 0.235. The van der Waals surface area contributed by atoms with Gasteiger partial charge in [0.15, 0.2) is 0 Å². The lowest BCUT2D eigenvalue weighted by Gasteiger charge is -2.14. The van der Waals surface area contributed by atoms with Gasteiger partial charge in [-0.1, -0.05) is 24.6 Å². The van der Waals surface area contributed by atoms with E-state index in [0.717, 1.165) is 17.1 Å². The molecule has 1 heterocycles. The molecule has 0 amide bonds. The number of rotatable bonds is 4. The summed E-state index contributed by atoms with van der Waals surface area (Å²) in [5.41, 5.74) is 1.65. The van der Waals surface area contributed by atoms with E-state index < -0.39 is 0 Å². The molecule has 0 bridgehead atoms. The molecule has 0 fully saturated rings. The highest BCUT2D eigenvalue weighted by Crippen LogP contribution is 2.30. The molecule has 0 spiro atoms. The van der Waals surface area contributed by atoms with Gasteiger partial charge in [-0.2, -0.15) is 0 Å². The fourth-order valence-electron chi connectivity index (χ4n) is 2.05. The first-order chi connectivity index (χ1) is 9.06. The number of hydrogen-bond acceptors (Lipinski definition) is 3. The Labute approximate surface area is 121 Å². The molecule has 102 valence electrons. The lowest BCUT2D eigenvalue weighted by atomic mass is 10.1. The summed E-state index contributed by atoms with van der Waals surface area (Å²) in [7, 11) is 1.81. The first-order valence-electron chi connectivity index (χ1n) is 6.15. The highest BCUT2D eigenvalue weighted by molar-refractivity contribution is 7.11. The molecule has 0 aliphatic heterocycles. The van der Waals surface area contributed by atoms with E-state index in [9.17, 15) is 4.39 Å². The highest BCUT2D eigenvalue weighted by Gasteiger charge is 2.20. The van der Waals surface area contributed by atoms with Crippen molar-refractivity contribution in [1.29, 1.82) is 0 Å². The van der Waals surface area contributed by atoms with Gasteiger partial charge in [0.05, 0.1) is 11.7 Å². The number of aromatic nitrogens is 1. The average Bonchev–Trinajstić information content (AvgIpc) is 2.74. The molecule has 1 atom stereocenters. The minimum Gasteiger partial charge on any atom is -0.307 e. The summed E-state index contributed by atoms with van der Waals surface area (Å²) < 4.78 is 14.0. The molecule has 1 aromatic heterocycles. The Morgan fingerprint density at radius 2 is 2.21 bits per heavy atom. The summed E-state index contributed by atoms with van der Waals surface area (Å²) >= 11 is 7.40. The maximum atomic E-state index is 14.0. The molecule has 19 heavy (non-hydrogen) atoms. The topological polar surface area (TPSA) is 24.9 Å². The van der Waals surface area contributed by atoms with Crippen molar-refractivity contribution in [3.8, 4) is 0 Å². The SMILES string of the molecule is CCc1nc(C(NC)c2ccc(Cl)cc2F)sc1C. The van der Waals surface area contributed by atoms with Crippen LogP contribution in [0.3, 0.4) is 0 Å². The Kier molecular flexibility index (Phi) is 4.55. The van der Waals surface area contributed by atoms with Gasteiger partial charge >= 0.3 is 0 Å². The molecule has 0 radical (unpaired) electrons. The summed E-state index contributed by atoms with van der Waals surface area (Å²) in [6, 6.07) is 4.51. The van der Waals surface area contributed by atoms with Crippen LogP contribution in [0, 0.1) is 12.7 Å². The maximum absolute atomic E-state index is 14.0.